The molecule has 1 aliphatic heterocycles. The maximum absolute atomic E-state index is 9.44. The molecule has 21 heavy (non-hydrogen) atoms. The zero-order valence-electron chi connectivity index (χ0n) is 12.4. The standard InChI is InChI=1S/C18H20O3/c1-18(2)15-10-14(8-9-16(15)21-17(18)11-19)20-12-13-6-4-3-5-7-13/h3-10,17,19H,11-12H2,1-2H3. The fraction of sp³-hybridized carbons (Fsp3) is 0.333. The van der Waals surface area contributed by atoms with Crippen LogP contribution in [-0.4, -0.2) is 17.8 Å². The van der Waals surface area contributed by atoms with E-state index in [1.807, 2.05) is 48.5 Å². The Bertz CT molecular complexity index is 620. The van der Waals surface area contributed by atoms with Crippen molar-refractivity contribution >= 4 is 0 Å². The summed E-state index contributed by atoms with van der Waals surface area (Å²) in [5.41, 5.74) is 2.02. The molecular weight excluding hydrogens is 264 g/mol. The van der Waals surface area contributed by atoms with Gasteiger partial charge in [0.15, 0.2) is 0 Å². The summed E-state index contributed by atoms with van der Waals surface area (Å²) in [7, 11) is 0. The monoisotopic (exact) mass is 284 g/mol. The molecule has 0 bridgehead atoms. The lowest BCUT2D eigenvalue weighted by Crippen LogP contribution is -2.35. The van der Waals surface area contributed by atoms with Crippen molar-refractivity contribution in [1.29, 1.82) is 0 Å². The van der Waals surface area contributed by atoms with Gasteiger partial charge in [0.2, 0.25) is 0 Å². The third-order valence-electron chi connectivity index (χ3n) is 4.13. The Balaban J connectivity index is 1.78. The van der Waals surface area contributed by atoms with Crippen LogP contribution in [0.1, 0.15) is 25.0 Å². The van der Waals surface area contributed by atoms with Gasteiger partial charge in [-0.15, -0.1) is 0 Å². The van der Waals surface area contributed by atoms with Crippen molar-refractivity contribution in [3.05, 3.63) is 59.7 Å². The summed E-state index contributed by atoms with van der Waals surface area (Å²) < 4.78 is 11.6. The molecule has 2 aromatic rings. The smallest absolute Gasteiger partial charge is 0.131 e. The van der Waals surface area contributed by atoms with E-state index < -0.39 is 0 Å². The van der Waals surface area contributed by atoms with Crippen molar-refractivity contribution in [1.82, 2.24) is 0 Å². The van der Waals surface area contributed by atoms with Crippen LogP contribution in [0.2, 0.25) is 0 Å². The summed E-state index contributed by atoms with van der Waals surface area (Å²) in [4.78, 5) is 0. The van der Waals surface area contributed by atoms with E-state index in [0.717, 1.165) is 22.6 Å². The number of hydrogen-bond donors (Lipinski definition) is 1. The second-order valence-electron chi connectivity index (χ2n) is 5.94. The van der Waals surface area contributed by atoms with Crippen molar-refractivity contribution in [3.63, 3.8) is 0 Å². The molecule has 3 nitrogen and oxygen atoms in total. The van der Waals surface area contributed by atoms with E-state index in [9.17, 15) is 5.11 Å². The first-order valence-electron chi connectivity index (χ1n) is 7.20. The largest absolute Gasteiger partial charge is 0.489 e. The summed E-state index contributed by atoms with van der Waals surface area (Å²) in [5.74, 6) is 1.67. The molecule has 110 valence electrons. The predicted molar refractivity (Wildman–Crippen MR) is 81.7 cm³/mol. The molecule has 0 saturated heterocycles. The van der Waals surface area contributed by atoms with Crippen LogP contribution >= 0.6 is 0 Å². The van der Waals surface area contributed by atoms with Gasteiger partial charge in [-0.05, 0) is 23.8 Å². The number of aliphatic hydroxyl groups is 1. The molecule has 1 aliphatic rings. The minimum Gasteiger partial charge on any atom is -0.489 e. The quantitative estimate of drug-likeness (QED) is 0.936. The predicted octanol–water partition coefficient (Wildman–Crippen LogP) is 3.30. The van der Waals surface area contributed by atoms with Gasteiger partial charge in [0.25, 0.3) is 0 Å². The zero-order chi connectivity index (χ0) is 14.9. The summed E-state index contributed by atoms with van der Waals surface area (Å²) in [6.45, 7) is 4.73. The number of rotatable bonds is 4. The third-order valence-corrected chi connectivity index (χ3v) is 4.13. The summed E-state index contributed by atoms with van der Waals surface area (Å²) in [6.07, 6.45) is -0.197. The molecule has 1 N–H and O–H groups in total. The van der Waals surface area contributed by atoms with E-state index >= 15 is 0 Å². The van der Waals surface area contributed by atoms with Crippen molar-refractivity contribution in [2.45, 2.75) is 32.0 Å². The topological polar surface area (TPSA) is 38.7 Å². The van der Waals surface area contributed by atoms with Gasteiger partial charge in [0.1, 0.15) is 24.2 Å². The maximum Gasteiger partial charge on any atom is 0.131 e. The number of ether oxygens (including phenoxy) is 2. The van der Waals surface area contributed by atoms with Gasteiger partial charge in [0.05, 0.1) is 6.61 Å². The first-order chi connectivity index (χ1) is 10.1. The van der Waals surface area contributed by atoms with E-state index in [4.69, 9.17) is 9.47 Å². The molecule has 1 atom stereocenters. The van der Waals surface area contributed by atoms with Crippen molar-refractivity contribution in [2.75, 3.05) is 6.61 Å². The van der Waals surface area contributed by atoms with E-state index in [2.05, 4.69) is 13.8 Å². The highest BCUT2D eigenvalue weighted by atomic mass is 16.5. The highest BCUT2D eigenvalue weighted by molar-refractivity contribution is 5.48. The normalized spacial score (nSPS) is 18.9. The summed E-state index contributed by atoms with van der Waals surface area (Å²) in [6, 6.07) is 15.9. The molecule has 0 amide bonds. The molecule has 3 heteroatoms. The second-order valence-corrected chi connectivity index (χ2v) is 5.94. The number of fused-ring (bicyclic) bond motifs is 1. The van der Waals surface area contributed by atoms with Crippen LogP contribution in [0.5, 0.6) is 11.5 Å². The van der Waals surface area contributed by atoms with Crippen LogP contribution in [0, 0.1) is 0 Å². The highest BCUT2D eigenvalue weighted by Crippen LogP contribution is 2.44. The molecule has 0 saturated carbocycles. The molecule has 0 aliphatic carbocycles. The molecule has 3 rings (SSSR count). The van der Waals surface area contributed by atoms with Crippen LogP contribution in [0.3, 0.4) is 0 Å². The van der Waals surface area contributed by atoms with Gasteiger partial charge in [0, 0.05) is 11.0 Å². The number of aliphatic hydroxyl groups excluding tert-OH is 1. The van der Waals surface area contributed by atoms with Gasteiger partial charge in [-0.1, -0.05) is 44.2 Å². The number of hydrogen-bond acceptors (Lipinski definition) is 3. The Labute approximate surface area is 125 Å². The average Bonchev–Trinajstić information content (AvgIpc) is 2.77. The van der Waals surface area contributed by atoms with Crippen molar-refractivity contribution < 1.29 is 14.6 Å². The van der Waals surface area contributed by atoms with Crippen molar-refractivity contribution in [3.8, 4) is 11.5 Å². The SMILES string of the molecule is CC1(C)c2cc(OCc3ccccc3)ccc2OC1CO. The minimum absolute atomic E-state index is 0.0158. The van der Waals surface area contributed by atoms with E-state index in [-0.39, 0.29) is 18.1 Å². The lowest BCUT2D eigenvalue weighted by Gasteiger charge is -2.24. The zero-order valence-corrected chi connectivity index (χ0v) is 12.4. The van der Waals surface area contributed by atoms with Crippen LogP contribution in [0.15, 0.2) is 48.5 Å². The molecule has 1 heterocycles. The Morgan fingerprint density at radius 2 is 1.90 bits per heavy atom. The Morgan fingerprint density at radius 1 is 1.14 bits per heavy atom. The van der Waals surface area contributed by atoms with Gasteiger partial charge in [-0.25, -0.2) is 0 Å². The lowest BCUT2D eigenvalue weighted by atomic mass is 9.81. The van der Waals surface area contributed by atoms with E-state index in [1.165, 1.54) is 0 Å². The number of benzene rings is 2. The van der Waals surface area contributed by atoms with Crippen LogP contribution in [0.4, 0.5) is 0 Å². The van der Waals surface area contributed by atoms with E-state index in [1.54, 1.807) is 0 Å². The molecule has 2 aromatic carbocycles. The second kappa shape index (κ2) is 5.41. The molecule has 0 fully saturated rings. The average molecular weight is 284 g/mol. The van der Waals surface area contributed by atoms with Crippen LogP contribution in [-0.2, 0) is 12.0 Å². The lowest BCUT2D eigenvalue weighted by molar-refractivity contribution is 0.0888. The molecular formula is C18H20O3. The first kappa shape index (κ1) is 14.0. The Kier molecular flexibility index (Phi) is 3.60. The molecule has 0 aromatic heterocycles. The van der Waals surface area contributed by atoms with Gasteiger partial charge in [-0.2, -0.15) is 0 Å². The maximum atomic E-state index is 9.44. The minimum atomic E-state index is -0.212. The first-order valence-corrected chi connectivity index (χ1v) is 7.20. The fourth-order valence-corrected chi connectivity index (χ4v) is 2.69. The molecule has 1 unspecified atom stereocenters. The van der Waals surface area contributed by atoms with Gasteiger partial charge >= 0.3 is 0 Å². The Morgan fingerprint density at radius 3 is 2.62 bits per heavy atom. The fourth-order valence-electron chi connectivity index (χ4n) is 2.69. The third kappa shape index (κ3) is 2.61. The van der Waals surface area contributed by atoms with Crippen molar-refractivity contribution in [2.24, 2.45) is 0 Å². The highest BCUT2D eigenvalue weighted by Gasteiger charge is 2.41. The van der Waals surface area contributed by atoms with Crippen LogP contribution in [0.25, 0.3) is 0 Å². The molecule has 0 radical (unpaired) electrons. The van der Waals surface area contributed by atoms with Gasteiger partial charge < -0.3 is 14.6 Å². The summed E-state index contributed by atoms with van der Waals surface area (Å²) in [5, 5.41) is 9.44. The van der Waals surface area contributed by atoms with Gasteiger partial charge in [-0.3, -0.25) is 0 Å². The van der Waals surface area contributed by atoms with E-state index in [0.29, 0.717) is 6.61 Å². The Hall–Kier alpha value is -2.00. The molecule has 0 spiro atoms. The summed E-state index contributed by atoms with van der Waals surface area (Å²) >= 11 is 0. The van der Waals surface area contributed by atoms with Crippen LogP contribution < -0.4 is 9.47 Å².